The van der Waals surface area contributed by atoms with Crippen molar-refractivity contribution >= 4 is 5.78 Å². The minimum atomic E-state index is 0.324. The van der Waals surface area contributed by atoms with Gasteiger partial charge in [0.15, 0.2) is 0 Å². The third-order valence-corrected chi connectivity index (χ3v) is 2.89. The maximum Gasteiger partial charge on any atom is 0.130 e. The smallest absolute Gasteiger partial charge is 0.130 e. The van der Waals surface area contributed by atoms with Crippen molar-refractivity contribution in [1.29, 1.82) is 0 Å². The molecule has 0 radical (unpaired) electrons. The summed E-state index contributed by atoms with van der Waals surface area (Å²) in [5, 5.41) is 0. The first-order valence-electron chi connectivity index (χ1n) is 5.43. The third-order valence-electron chi connectivity index (χ3n) is 2.89. The fraction of sp³-hybridized carbons (Fsp3) is 0.917. The SMILES string of the molecule is CC(=O)CC(C)CCC(C)C(C)C. The molecule has 0 rings (SSSR count). The van der Waals surface area contributed by atoms with Crippen molar-refractivity contribution in [3.05, 3.63) is 0 Å². The molecule has 2 unspecified atom stereocenters. The van der Waals surface area contributed by atoms with E-state index in [0.29, 0.717) is 11.7 Å². The second-order valence-electron chi connectivity index (χ2n) is 4.81. The molecular weight excluding hydrogens is 160 g/mol. The summed E-state index contributed by atoms with van der Waals surface area (Å²) in [4.78, 5) is 10.8. The van der Waals surface area contributed by atoms with Crippen molar-refractivity contribution in [3.8, 4) is 0 Å². The van der Waals surface area contributed by atoms with E-state index in [0.717, 1.165) is 18.3 Å². The summed E-state index contributed by atoms with van der Waals surface area (Å²) in [5.74, 6) is 2.45. The van der Waals surface area contributed by atoms with Crippen LogP contribution in [0.2, 0.25) is 0 Å². The van der Waals surface area contributed by atoms with Crippen LogP contribution in [0.5, 0.6) is 0 Å². The van der Waals surface area contributed by atoms with Gasteiger partial charge in [0.2, 0.25) is 0 Å². The Hall–Kier alpha value is -0.330. The molecular formula is C12H24O. The Kier molecular flexibility index (Phi) is 6.02. The Bertz CT molecular complexity index is 149. The second kappa shape index (κ2) is 6.17. The van der Waals surface area contributed by atoms with Crippen LogP contribution >= 0.6 is 0 Å². The lowest BCUT2D eigenvalue weighted by Crippen LogP contribution is -2.08. The molecule has 1 heteroatoms. The number of carbonyl (C=O) groups is 1. The molecule has 0 fully saturated rings. The summed E-state index contributed by atoms with van der Waals surface area (Å²) < 4.78 is 0. The predicted octanol–water partition coefficient (Wildman–Crippen LogP) is 3.67. The highest BCUT2D eigenvalue weighted by Crippen LogP contribution is 2.20. The van der Waals surface area contributed by atoms with Crippen LogP contribution in [0.25, 0.3) is 0 Å². The monoisotopic (exact) mass is 184 g/mol. The molecule has 0 aliphatic carbocycles. The quantitative estimate of drug-likeness (QED) is 0.615. The first-order valence-corrected chi connectivity index (χ1v) is 5.43. The summed E-state index contributed by atoms with van der Waals surface area (Å²) >= 11 is 0. The summed E-state index contributed by atoms with van der Waals surface area (Å²) in [6, 6.07) is 0. The fourth-order valence-electron chi connectivity index (χ4n) is 1.47. The lowest BCUT2D eigenvalue weighted by atomic mass is 9.89. The number of hydrogen-bond acceptors (Lipinski definition) is 1. The Balaban J connectivity index is 3.57. The van der Waals surface area contributed by atoms with Gasteiger partial charge in [-0.3, -0.25) is 0 Å². The third kappa shape index (κ3) is 6.80. The molecule has 0 N–H and O–H groups in total. The number of ketones is 1. The largest absolute Gasteiger partial charge is 0.300 e. The highest BCUT2D eigenvalue weighted by Gasteiger charge is 2.10. The van der Waals surface area contributed by atoms with E-state index in [1.165, 1.54) is 12.8 Å². The van der Waals surface area contributed by atoms with Gasteiger partial charge < -0.3 is 4.79 Å². The Morgan fingerprint density at radius 2 is 1.62 bits per heavy atom. The second-order valence-corrected chi connectivity index (χ2v) is 4.81. The molecule has 2 atom stereocenters. The Labute approximate surface area is 82.9 Å². The molecule has 13 heavy (non-hydrogen) atoms. The van der Waals surface area contributed by atoms with Crippen LogP contribution in [-0.2, 0) is 4.79 Å². The molecule has 0 bridgehead atoms. The van der Waals surface area contributed by atoms with Gasteiger partial charge in [0.25, 0.3) is 0 Å². The Morgan fingerprint density at radius 3 is 2.00 bits per heavy atom. The van der Waals surface area contributed by atoms with E-state index in [-0.39, 0.29) is 0 Å². The lowest BCUT2D eigenvalue weighted by molar-refractivity contribution is -0.117. The fourth-order valence-corrected chi connectivity index (χ4v) is 1.47. The molecule has 0 aliphatic heterocycles. The zero-order valence-corrected chi connectivity index (χ0v) is 9.76. The van der Waals surface area contributed by atoms with E-state index in [1.54, 1.807) is 6.92 Å². The molecule has 1 nitrogen and oxygen atoms in total. The van der Waals surface area contributed by atoms with Gasteiger partial charge in [-0.2, -0.15) is 0 Å². The van der Waals surface area contributed by atoms with E-state index < -0.39 is 0 Å². The van der Waals surface area contributed by atoms with E-state index in [2.05, 4.69) is 27.7 Å². The van der Waals surface area contributed by atoms with E-state index >= 15 is 0 Å². The molecule has 0 amide bonds. The van der Waals surface area contributed by atoms with Crippen molar-refractivity contribution in [3.63, 3.8) is 0 Å². The van der Waals surface area contributed by atoms with Crippen LogP contribution in [0.1, 0.15) is 53.9 Å². The minimum Gasteiger partial charge on any atom is -0.300 e. The van der Waals surface area contributed by atoms with Gasteiger partial charge in [0.05, 0.1) is 0 Å². The first-order chi connectivity index (χ1) is 5.93. The summed E-state index contributed by atoms with van der Waals surface area (Å²) in [7, 11) is 0. The molecule has 0 aromatic heterocycles. The van der Waals surface area contributed by atoms with Crippen LogP contribution < -0.4 is 0 Å². The summed E-state index contributed by atoms with van der Waals surface area (Å²) in [5.41, 5.74) is 0. The molecule has 0 heterocycles. The van der Waals surface area contributed by atoms with Gasteiger partial charge in [0.1, 0.15) is 5.78 Å². The van der Waals surface area contributed by atoms with Crippen LogP contribution in [0, 0.1) is 17.8 Å². The van der Waals surface area contributed by atoms with Crippen molar-refractivity contribution < 1.29 is 4.79 Å². The standard InChI is InChI=1S/C12H24O/c1-9(2)11(4)7-6-10(3)8-12(5)13/h9-11H,6-8H2,1-5H3. The van der Waals surface area contributed by atoms with Gasteiger partial charge in [-0.05, 0) is 24.7 Å². The normalized spacial score (nSPS) is 15.8. The highest BCUT2D eigenvalue weighted by molar-refractivity contribution is 5.75. The molecule has 0 spiro atoms. The van der Waals surface area contributed by atoms with Gasteiger partial charge in [-0.15, -0.1) is 0 Å². The maximum atomic E-state index is 10.8. The molecule has 0 saturated carbocycles. The lowest BCUT2D eigenvalue weighted by Gasteiger charge is -2.17. The predicted molar refractivity (Wildman–Crippen MR) is 57.7 cm³/mol. The van der Waals surface area contributed by atoms with Gasteiger partial charge in [0, 0.05) is 6.42 Å². The minimum absolute atomic E-state index is 0.324. The molecule has 0 aromatic rings. The molecule has 0 saturated heterocycles. The highest BCUT2D eigenvalue weighted by atomic mass is 16.1. The summed E-state index contributed by atoms with van der Waals surface area (Å²) in [6.07, 6.45) is 3.20. The van der Waals surface area contributed by atoms with Crippen LogP contribution in [0.4, 0.5) is 0 Å². The average Bonchev–Trinajstić information content (AvgIpc) is 1.98. The topological polar surface area (TPSA) is 17.1 Å². The van der Waals surface area contributed by atoms with Gasteiger partial charge in [-0.25, -0.2) is 0 Å². The van der Waals surface area contributed by atoms with Crippen LogP contribution in [0.3, 0.4) is 0 Å². The zero-order chi connectivity index (χ0) is 10.4. The summed E-state index contributed by atoms with van der Waals surface area (Å²) in [6.45, 7) is 10.7. The molecule has 0 aliphatic rings. The first kappa shape index (κ1) is 12.7. The molecule has 78 valence electrons. The van der Waals surface area contributed by atoms with E-state index in [1.807, 2.05) is 0 Å². The number of rotatable bonds is 6. The number of Topliss-reactive ketones (excluding diaryl/α,β-unsaturated/α-hetero) is 1. The average molecular weight is 184 g/mol. The number of carbonyl (C=O) groups excluding carboxylic acids is 1. The molecule has 0 aromatic carbocycles. The van der Waals surface area contributed by atoms with E-state index in [9.17, 15) is 4.79 Å². The van der Waals surface area contributed by atoms with Crippen molar-refractivity contribution in [2.45, 2.75) is 53.9 Å². The van der Waals surface area contributed by atoms with Gasteiger partial charge >= 0.3 is 0 Å². The van der Waals surface area contributed by atoms with Crippen LogP contribution in [-0.4, -0.2) is 5.78 Å². The number of hydrogen-bond donors (Lipinski definition) is 0. The van der Waals surface area contributed by atoms with E-state index in [4.69, 9.17) is 0 Å². The van der Waals surface area contributed by atoms with Gasteiger partial charge in [-0.1, -0.05) is 40.5 Å². The van der Waals surface area contributed by atoms with Crippen LogP contribution in [0.15, 0.2) is 0 Å². The zero-order valence-electron chi connectivity index (χ0n) is 9.76. The van der Waals surface area contributed by atoms with Crippen molar-refractivity contribution in [1.82, 2.24) is 0 Å². The van der Waals surface area contributed by atoms with Crippen molar-refractivity contribution in [2.24, 2.45) is 17.8 Å². The maximum absolute atomic E-state index is 10.8. The van der Waals surface area contributed by atoms with Crippen molar-refractivity contribution in [2.75, 3.05) is 0 Å². The Morgan fingerprint density at radius 1 is 1.08 bits per heavy atom.